The van der Waals surface area contributed by atoms with Crippen LogP contribution in [0.15, 0.2) is 17.7 Å². The van der Waals surface area contributed by atoms with Crippen molar-refractivity contribution < 1.29 is 9.90 Å². The van der Waals surface area contributed by atoms with Gasteiger partial charge in [-0.1, -0.05) is 55.4 Å². The number of benzene rings is 1. The molecule has 2 rings (SSSR count). The molecule has 0 radical (unpaired) electrons. The van der Waals surface area contributed by atoms with E-state index in [1.165, 1.54) is 0 Å². The maximum atomic E-state index is 12.9. The van der Waals surface area contributed by atoms with E-state index in [-0.39, 0.29) is 16.7 Å². The van der Waals surface area contributed by atoms with Gasteiger partial charge in [0.05, 0.1) is 0 Å². The Balaban J connectivity index is 2.33. The summed E-state index contributed by atoms with van der Waals surface area (Å²) >= 11 is 0. The summed E-state index contributed by atoms with van der Waals surface area (Å²) in [4.78, 5) is 17.2. The first kappa shape index (κ1) is 23.5. The fourth-order valence-electron chi connectivity index (χ4n) is 3.90. The summed E-state index contributed by atoms with van der Waals surface area (Å²) in [5, 5.41) is 10.9. The minimum atomic E-state index is -0.173. The third-order valence-electron chi connectivity index (χ3n) is 5.88. The van der Waals surface area contributed by atoms with Gasteiger partial charge in [-0.25, -0.2) is 0 Å². The molecule has 0 atom stereocenters. The number of rotatable bonds is 6. The second-order valence-electron chi connectivity index (χ2n) is 10.2. The molecule has 1 aliphatic rings. The molecule has 1 fully saturated rings. The van der Waals surface area contributed by atoms with E-state index in [2.05, 4.69) is 60.3 Å². The molecule has 1 heterocycles. The summed E-state index contributed by atoms with van der Waals surface area (Å²) < 4.78 is 0. The number of nitrogens with zero attached hydrogens (tertiary/aromatic N) is 2. The zero-order chi connectivity index (χ0) is 22.0. The van der Waals surface area contributed by atoms with Crippen molar-refractivity contribution in [1.29, 1.82) is 0 Å². The van der Waals surface area contributed by atoms with E-state index in [4.69, 9.17) is 0 Å². The van der Waals surface area contributed by atoms with Gasteiger partial charge in [0.2, 0.25) is 5.91 Å². The van der Waals surface area contributed by atoms with Gasteiger partial charge < -0.3 is 14.9 Å². The second-order valence-corrected chi connectivity index (χ2v) is 10.2. The summed E-state index contributed by atoms with van der Waals surface area (Å²) in [7, 11) is 0. The van der Waals surface area contributed by atoms with Crippen molar-refractivity contribution in [2.24, 2.45) is 0 Å². The maximum absolute atomic E-state index is 12.9. The minimum Gasteiger partial charge on any atom is -0.507 e. The number of phenols is 1. The molecule has 1 saturated heterocycles. The van der Waals surface area contributed by atoms with Crippen LogP contribution < -0.4 is 0 Å². The van der Waals surface area contributed by atoms with Crippen LogP contribution in [-0.4, -0.2) is 53.5 Å². The van der Waals surface area contributed by atoms with Gasteiger partial charge in [-0.05, 0) is 54.1 Å². The van der Waals surface area contributed by atoms with Gasteiger partial charge in [0.15, 0.2) is 0 Å². The van der Waals surface area contributed by atoms with Crippen molar-refractivity contribution in [3.63, 3.8) is 0 Å². The molecule has 1 aromatic carbocycles. The lowest BCUT2D eigenvalue weighted by Gasteiger charge is -2.28. The van der Waals surface area contributed by atoms with Gasteiger partial charge in [0, 0.05) is 36.3 Å². The predicted octanol–water partition coefficient (Wildman–Crippen LogP) is 4.94. The quantitative estimate of drug-likeness (QED) is 0.688. The number of phenolic OH excluding ortho intramolecular Hbond substituents is 1. The molecule has 0 saturated carbocycles. The highest BCUT2D eigenvalue weighted by Crippen LogP contribution is 2.40. The molecule has 0 bridgehead atoms. The van der Waals surface area contributed by atoms with Crippen LogP contribution >= 0.6 is 0 Å². The predicted molar refractivity (Wildman–Crippen MR) is 122 cm³/mol. The summed E-state index contributed by atoms with van der Waals surface area (Å²) in [5.74, 6) is 0.533. The average Bonchev–Trinajstić information content (AvgIpc) is 2.95. The molecule has 0 aromatic heterocycles. The van der Waals surface area contributed by atoms with Crippen LogP contribution in [0, 0.1) is 0 Å². The Labute approximate surface area is 177 Å². The Hall–Kier alpha value is -1.81. The molecule has 162 valence electrons. The van der Waals surface area contributed by atoms with Crippen molar-refractivity contribution >= 4 is 12.0 Å². The van der Waals surface area contributed by atoms with Crippen LogP contribution in [0.1, 0.15) is 78.5 Å². The van der Waals surface area contributed by atoms with Crippen LogP contribution in [0.5, 0.6) is 5.75 Å². The number of amides is 1. The van der Waals surface area contributed by atoms with Gasteiger partial charge >= 0.3 is 0 Å². The normalized spacial score (nSPS) is 17.1. The van der Waals surface area contributed by atoms with Gasteiger partial charge in [-0.15, -0.1) is 0 Å². The van der Waals surface area contributed by atoms with E-state index in [1.54, 1.807) is 0 Å². The number of hydrogen-bond donors (Lipinski definition) is 1. The first-order chi connectivity index (χ1) is 13.4. The maximum Gasteiger partial charge on any atom is 0.249 e. The molecule has 4 nitrogen and oxygen atoms in total. The van der Waals surface area contributed by atoms with E-state index in [0.29, 0.717) is 5.75 Å². The average molecular weight is 401 g/mol. The third kappa shape index (κ3) is 5.63. The van der Waals surface area contributed by atoms with Crippen LogP contribution in [0.4, 0.5) is 0 Å². The Morgan fingerprint density at radius 1 is 1.03 bits per heavy atom. The lowest BCUT2D eigenvalue weighted by molar-refractivity contribution is -0.124. The molecule has 0 aliphatic carbocycles. The van der Waals surface area contributed by atoms with Crippen LogP contribution in [0.25, 0.3) is 6.08 Å². The molecular formula is C25H40N2O2. The Morgan fingerprint density at radius 2 is 1.55 bits per heavy atom. The number of carbonyl (C=O) groups excluding carboxylic acids is 1. The molecule has 1 aliphatic heterocycles. The second kappa shape index (κ2) is 8.91. The number of likely N-dealkylation sites (N-methyl/N-ethyl adjacent to an activating group) is 1. The largest absolute Gasteiger partial charge is 0.507 e. The Kier molecular flexibility index (Phi) is 7.21. The number of aromatic hydroxyl groups is 1. The van der Waals surface area contributed by atoms with E-state index in [0.717, 1.165) is 61.4 Å². The van der Waals surface area contributed by atoms with Crippen molar-refractivity contribution in [3.05, 3.63) is 34.4 Å². The van der Waals surface area contributed by atoms with E-state index in [1.807, 2.05) is 23.1 Å². The zero-order valence-electron chi connectivity index (χ0n) is 19.7. The molecule has 4 heteroatoms. The standard InChI is InChI=1S/C25H40N2O2/c1-9-26(10-2)13-14-27-12-11-19(23(27)29)15-18-16-20(24(3,4)5)22(28)21(17-18)25(6,7)8/h15-17,28H,9-14H2,1-8H3. The van der Waals surface area contributed by atoms with E-state index >= 15 is 0 Å². The zero-order valence-corrected chi connectivity index (χ0v) is 19.7. The van der Waals surface area contributed by atoms with Gasteiger partial charge in [-0.2, -0.15) is 0 Å². The number of carbonyl (C=O) groups is 1. The van der Waals surface area contributed by atoms with E-state index in [9.17, 15) is 9.90 Å². The highest BCUT2D eigenvalue weighted by atomic mass is 16.3. The SMILES string of the molecule is CCN(CC)CCN1CCC(=Cc2cc(C(C)(C)C)c(O)c(C(C)(C)C)c2)C1=O. The van der Waals surface area contributed by atoms with Gasteiger partial charge in [0.1, 0.15) is 5.75 Å². The van der Waals surface area contributed by atoms with Gasteiger partial charge in [-0.3, -0.25) is 4.79 Å². The minimum absolute atomic E-state index is 0.153. The van der Waals surface area contributed by atoms with Crippen molar-refractivity contribution in [2.45, 2.75) is 72.6 Å². The third-order valence-corrected chi connectivity index (χ3v) is 5.88. The number of hydrogen-bond acceptors (Lipinski definition) is 3. The Morgan fingerprint density at radius 3 is 2.00 bits per heavy atom. The first-order valence-corrected chi connectivity index (χ1v) is 11.0. The summed E-state index contributed by atoms with van der Waals surface area (Å²) in [6, 6.07) is 4.09. The smallest absolute Gasteiger partial charge is 0.249 e. The summed E-state index contributed by atoms with van der Waals surface area (Å²) in [6.07, 6.45) is 2.82. The fourth-order valence-corrected chi connectivity index (χ4v) is 3.90. The molecule has 1 aromatic rings. The Bertz CT molecular complexity index is 727. The number of likely N-dealkylation sites (tertiary alicyclic amines) is 1. The molecule has 0 spiro atoms. The molecular weight excluding hydrogens is 360 g/mol. The monoisotopic (exact) mass is 400 g/mol. The lowest BCUT2D eigenvalue weighted by Crippen LogP contribution is -2.35. The molecule has 0 unspecified atom stereocenters. The van der Waals surface area contributed by atoms with Gasteiger partial charge in [0.25, 0.3) is 0 Å². The van der Waals surface area contributed by atoms with Crippen LogP contribution in [-0.2, 0) is 15.6 Å². The molecule has 1 amide bonds. The first-order valence-electron chi connectivity index (χ1n) is 11.0. The van der Waals surface area contributed by atoms with Crippen molar-refractivity contribution in [3.8, 4) is 5.75 Å². The highest BCUT2D eigenvalue weighted by molar-refractivity contribution is 6.00. The van der Waals surface area contributed by atoms with Crippen molar-refractivity contribution in [1.82, 2.24) is 9.80 Å². The lowest BCUT2D eigenvalue weighted by atomic mass is 9.78. The molecule has 1 N–H and O–H groups in total. The van der Waals surface area contributed by atoms with Crippen LogP contribution in [0.2, 0.25) is 0 Å². The van der Waals surface area contributed by atoms with Crippen molar-refractivity contribution in [2.75, 3.05) is 32.7 Å². The van der Waals surface area contributed by atoms with E-state index < -0.39 is 0 Å². The van der Waals surface area contributed by atoms with Crippen LogP contribution in [0.3, 0.4) is 0 Å². The summed E-state index contributed by atoms with van der Waals surface area (Å²) in [5.41, 5.74) is 3.39. The highest BCUT2D eigenvalue weighted by Gasteiger charge is 2.28. The molecule has 29 heavy (non-hydrogen) atoms. The summed E-state index contributed by atoms with van der Waals surface area (Å²) in [6.45, 7) is 21.5. The topological polar surface area (TPSA) is 43.8 Å². The fraction of sp³-hybridized carbons (Fsp3) is 0.640.